The second kappa shape index (κ2) is 7.33. The number of nitrogens with zero attached hydrogens (tertiary/aromatic N) is 3. The van der Waals surface area contributed by atoms with Crippen LogP contribution in [0.5, 0.6) is 5.75 Å². The van der Waals surface area contributed by atoms with Crippen LogP contribution in [0.2, 0.25) is 0 Å². The van der Waals surface area contributed by atoms with Gasteiger partial charge in [0, 0.05) is 35.1 Å². The van der Waals surface area contributed by atoms with E-state index in [1.54, 1.807) is 18.5 Å². The number of phenolic OH excluding ortho intramolecular Hbond substituents is 1. The molecule has 2 atom stereocenters. The Hall–Kier alpha value is -3.18. The first-order chi connectivity index (χ1) is 14.2. The smallest absolute Gasteiger partial charge is 0.123 e. The van der Waals surface area contributed by atoms with E-state index < -0.39 is 0 Å². The number of aliphatic hydroxyl groups excluding tert-OH is 1. The fourth-order valence-electron chi connectivity index (χ4n) is 4.33. The lowest BCUT2D eigenvalue weighted by atomic mass is 9.93. The number of hydrogen-bond donors (Lipinski definition) is 2. The van der Waals surface area contributed by atoms with Crippen LogP contribution >= 0.6 is 0 Å². The van der Waals surface area contributed by atoms with Crippen LogP contribution in [-0.4, -0.2) is 31.1 Å². The minimum atomic E-state index is -0.365. The maximum Gasteiger partial charge on any atom is 0.123 e. The predicted molar refractivity (Wildman–Crippen MR) is 114 cm³/mol. The van der Waals surface area contributed by atoms with Crippen molar-refractivity contribution in [2.24, 2.45) is 0 Å². The molecule has 0 saturated heterocycles. The van der Waals surface area contributed by atoms with Crippen LogP contribution in [0.15, 0.2) is 67.1 Å². The zero-order valence-corrected chi connectivity index (χ0v) is 16.1. The van der Waals surface area contributed by atoms with E-state index in [1.165, 1.54) is 0 Å². The molecule has 0 bridgehead atoms. The molecule has 2 aromatic carbocycles. The minimum absolute atomic E-state index is 0.00240. The zero-order valence-electron chi connectivity index (χ0n) is 16.1. The molecule has 0 radical (unpaired) electrons. The highest BCUT2D eigenvalue weighted by atomic mass is 16.3. The molecule has 0 amide bonds. The Morgan fingerprint density at radius 3 is 2.59 bits per heavy atom. The summed E-state index contributed by atoms with van der Waals surface area (Å²) in [6.45, 7) is 0. The molecular formula is C24H23N3O2. The Balaban J connectivity index is 1.66. The fourth-order valence-corrected chi connectivity index (χ4v) is 4.33. The third kappa shape index (κ3) is 3.28. The molecule has 5 nitrogen and oxygen atoms in total. The quantitative estimate of drug-likeness (QED) is 0.524. The van der Waals surface area contributed by atoms with Gasteiger partial charge in [-0.25, -0.2) is 0 Å². The van der Waals surface area contributed by atoms with Gasteiger partial charge in [0.25, 0.3) is 0 Å². The van der Waals surface area contributed by atoms with Crippen LogP contribution in [-0.2, 0) is 0 Å². The lowest BCUT2D eigenvalue weighted by molar-refractivity contribution is 0.0696. The Kier molecular flexibility index (Phi) is 4.52. The van der Waals surface area contributed by atoms with Gasteiger partial charge < -0.3 is 10.2 Å². The molecule has 2 aromatic heterocycles. The van der Waals surface area contributed by atoms with Crippen LogP contribution < -0.4 is 0 Å². The van der Waals surface area contributed by atoms with Crippen molar-refractivity contribution in [3.63, 3.8) is 0 Å². The summed E-state index contributed by atoms with van der Waals surface area (Å²) in [5, 5.41) is 27.4. The molecule has 0 spiro atoms. The number of rotatable bonds is 3. The predicted octanol–water partition coefficient (Wildman–Crippen LogP) is 4.95. The number of phenols is 1. The van der Waals surface area contributed by atoms with Gasteiger partial charge in [-0.1, -0.05) is 37.1 Å². The SMILES string of the molecule is Oc1cccc2cc(-c3cn([C@H]4CCCC[C@@H]4O)nc3-c3ccncc3)ccc12. The fraction of sp³-hybridized carbons (Fsp3) is 0.250. The molecule has 4 aromatic rings. The summed E-state index contributed by atoms with van der Waals surface area (Å²) in [4.78, 5) is 4.13. The van der Waals surface area contributed by atoms with Gasteiger partial charge in [-0.2, -0.15) is 5.10 Å². The summed E-state index contributed by atoms with van der Waals surface area (Å²) < 4.78 is 1.95. The van der Waals surface area contributed by atoms with Crippen LogP contribution in [0.4, 0.5) is 0 Å². The highest BCUT2D eigenvalue weighted by molar-refractivity contribution is 5.93. The normalized spacial score (nSPS) is 19.5. The maximum absolute atomic E-state index is 10.5. The third-order valence-corrected chi connectivity index (χ3v) is 5.89. The van der Waals surface area contributed by atoms with Gasteiger partial charge in [-0.3, -0.25) is 9.67 Å². The second-order valence-electron chi connectivity index (χ2n) is 7.74. The first kappa shape index (κ1) is 17.9. The number of benzene rings is 2. The summed E-state index contributed by atoms with van der Waals surface area (Å²) in [5.41, 5.74) is 3.92. The van der Waals surface area contributed by atoms with E-state index in [9.17, 15) is 10.2 Å². The summed E-state index contributed by atoms with van der Waals surface area (Å²) >= 11 is 0. The average Bonchev–Trinajstić information content (AvgIpc) is 3.20. The van der Waals surface area contributed by atoms with E-state index in [-0.39, 0.29) is 17.9 Å². The zero-order chi connectivity index (χ0) is 19.8. The van der Waals surface area contributed by atoms with E-state index in [2.05, 4.69) is 17.2 Å². The number of fused-ring (bicyclic) bond motifs is 1. The first-order valence-corrected chi connectivity index (χ1v) is 10.1. The first-order valence-electron chi connectivity index (χ1n) is 10.1. The molecule has 5 heteroatoms. The Morgan fingerprint density at radius 1 is 0.931 bits per heavy atom. The molecule has 1 aliphatic carbocycles. The van der Waals surface area contributed by atoms with Gasteiger partial charge in [0.05, 0.1) is 12.1 Å². The monoisotopic (exact) mass is 385 g/mol. The Labute approximate surface area is 169 Å². The van der Waals surface area contributed by atoms with Crippen molar-refractivity contribution in [2.75, 3.05) is 0 Å². The van der Waals surface area contributed by atoms with E-state index in [0.717, 1.165) is 58.8 Å². The standard InChI is InChI=1S/C24H23N3O2/c28-22-7-3-4-17-14-18(8-9-19(17)22)20-15-27(21-5-1-2-6-23(21)29)26-24(20)16-10-12-25-13-11-16/h3-4,7-15,21,23,28-29H,1-2,5-6H2/t21-,23-/m0/s1. The maximum atomic E-state index is 10.5. The van der Waals surface area contributed by atoms with Crippen LogP contribution in [0, 0.1) is 0 Å². The second-order valence-corrected chi connectivity index (χ2v) is 7.74. The topological polar surface area (TPSA) is 71.2 Å². The molecule has 0 aliphatic heterocycles. The van der Waals surface area contributed by atoms with E-state index in [4.69, 9.17) is 5.10 Å². The average molecular weight is 385 g/mol. The number of aliphatic hydroxyl groups is 1. The Bertz CT molecular complexity index is 1150. The third-order valence-electron chi connectivity index (χ3n) is 5.89. The molecule has 5 rings (SSSR count). The molecular weight excluding hydrogens is 362 g/mol. The van der Waals surface area contributed by atoms with Gasteiger partial charge in [-0.05, 0) is 48.1 Å². The van der Waals surface area contributed by atoms with Crippen molar-refractivity contribution in [2.45, 2.75) is 37.8 Å². The number of hydrogen-bond acceptors (Lipinski definition) is 4. The summed E-state index contributed by atoms with van der Waals surface area (Å²) in [7, 11) is 0. The van der Waals surface area contributed by atoms with Crippen molar-refractivity contribution in [1.29, 1.82) is 0 Å². The van der Waals surface area contributed by atoms with E-state index in [1.807, 2.05) is 41.1 Å². The lowest BCUT2D eigenvalue weighted by Crippen LogP contribution is -2.27. The van der Waals surface area contributed by atoms with Crippen LogP contribution in [0.25, 0.3) is 33.2 Å². The van der Waals surface area contributed by atoms with Crippen molar-refractivity contribution in [3.8, 4) is 28.1 Å². The number of pyridine rings is 1. The highest BCUT2D eigenvalue weighted by Gasteiger charge is 2.27. The molecule has 1 aliphatic rings. The van der Waals surface area contributed by atoms with Crippen molar-refractivity contribution in [3.05, 3.63) is 67.1 Å². The highest BCUT2D eigenvalue weighted by Crippen LogP contribution is 2.37. The number of aromatic hydroxyl groups is 1. The Morgan fingerprint density at radius 2 is 1.76 bits per heavy atom. The minimum Gasteiger partial charge on any atom is -0.507 e. The molecule has 29 heavy (non-hydrogen) atoms. The largest absolute Gasteiger partial charge is 0.507 e. The van der Waals surface area contributed by atoms with E-state index >= 15 is 0 Å². The van der Waals surface area contributed by atoms with E-state index in [0.29, 0.717) is 0 Å². The molecule has 146 valence electrons. The van der Waals surface area contributed by atoms with Crippen molar-refractivity contribution < 1.29 is 10.2 Å². The van der Waals surface area contributed by atoms with Gasteiger partial charge in [0.1, 0.15) is 11.4 Å². The molecule has 2 N–H and O–H groups in total. The molecule has 1 saturated carbocycles. The summed E-state index contributed by atoms with van der Waals surface area (Å²) in [6, 6.07) is 15.5. The van der Waals surface area contributed by atoms with Crippen molar-refractivity contribution >= 4 is 10.8 Å². The number of aromatic nitrogens is 3. The van der Waals surface area contributed by atoms with Gasteiger partial charge in [0.15, 0.2) is 0 Å². The van der Waals surface area contributed by atoms with Gasteiger partial charge >= 0.3 is 0 Å². The van der Waals surface area contributed by atoms with Gasteiger partial charge in [0.2, 0.25) is 0 Å². The summed E-state index contributed by atoms with van der Waals surface area (Å²) in [5.74, 6) is 0.282. The van der Waals surface area contributed by atoms with Crippen LogP contribution in [0.1, 0.15) is 31.7 Å². The van der Waals surface area contributed by atoms with Crippen LogP contribution in [0.3, 0.4) is 0 Å². The molecule has 1 fully saturated rings. The lowest BCUT2D eigenvalue weighted by Gasteiger charge is -2.27. The van der Waals surface area contributed by atoms with Crippen molar-refractivity contribution in [1.82, 2.24) is 14.8 Å². The summed E-state index contributed by atoms with van der Waals surface area (Å²) in [6.07, 6.45) is 9.16. The molecule has 2 heterocycles. The van der Waals surface area contributed by atoms with Gasteiger partial charge in [-0.15, -0.1) is 0 Å². The molecule has 0 unspecified atom stereocenters.